The smallest absolute Gasteiger partial charge is 0.124 e. The molecule has 0 aliphatic carbocycles. The summed E-state index contributed by atoms with van der Waals surface area (Å²) in [5, 5.41) is 0.00606. The van der Waals surface area contributed by atoms with Crippen LogP contribution in [0.5, 0.6) is 0 Å². The molecular formula is C14H18FNO2S2. The lowest BCUT2D eigenvalue weighted by Gasteiger charge is -2.37. The highest BCUT2D eigenvalue weighted by atomic mass is 32.2. The standard InChI is InChI=1S/C14H18FNO2S2/c15-10-1-2-12(16)13(7-10)20(17)11-3-5-18-14(8-11)4-6-19-9-14/h1-2,7,11H,3-6,8-9,16H2. The minimum Gasteiger partial charge on any atom is -0.398 e. The van der Waals surface area contributed by atoms with Gasteiger partial charge < -0.3 is 10.5 Å². The van der Waals surface area contributed by atoms with E-state index >= 15 is 0 Å². The van der Waals surface area contributed by atoms with E-state index in [0.717, 1.165) is 30.8 Å². The number of benzene rings is 1. The van der Waals surface area contributed by atoms with Crippen LogP contribution in [0, 0.1) is 5.82 Å². The zero-order valence-corrected chi connectivity index (χ0v) is 12.8. The molecule has 3 unspecified atom stereocenters. The first-order valence-corrected chi connectivity index (χ1v) is 9.14. The number of halogens is 1. The van der Waals surface area contributed by atoms with Gasteiger partial charge in [-0.1, -0.05) is 0 Å². The van der Waals surface area contributed by atoms with Crippen LogP contribution in [-0.2, 0) is 15.5 Å². The molecule has 0 saturated carbocycles. The normalized spacial score (nSPS) is 31.6. The summed E-state index contributed by atoms with van der Waals surface area (Å²) < 4.78 is 32.0. The van der Waals surface area contributed by atoms with Crippen molar-refractivity contribution in [1.82, 2.24) is 0 Å². The van der Waals surface area contributed by atoms with Gasteiger partial charge >= 0.3 is 0 Å². The van der Waals surface area contributed by atoms with Crippen molar-refractivity contribution in [2.24, 2.45) is 0 Å². The van der Waals surface area contributed by atoms with E-state index in [0.29, 0.717) is 17.2 Å². The average Bonchev–Trinajstić information content (AvgIpc) is 2.88. The van der Waals surface area contributed by atoms with E-state index in [1.807, 2.05) is 11.8 Å². The Morgan fingerprint density at radius 2 is 2.35 bits per heavy atom. The fourth-order valence-corrected chi connectivity index (χ4v) is 5.92. The third-order valence-corrected chi connectivity index (χ3v) is 7.03. The summed E-state index contributed by atoms with van der Waals surface area (Å²) in [5.41, 5.74) is 6.14. The summed E-state index contributed by atoms with van der Waals surface area (Å²) in [6.45, 7) is 0.631. The van der Waals surface area contributed by atoms with Gasteiger partial charge in [-0.2, -0.15) is 11.8 Å². The second-order valence-electron chi connectivity index (χ2n) is 5.43. The first-order chi connectivity index (χ1) is 9.60. The maximum Gasteiger partial charge on any atom is 0.124 e. The highest BCUT2D eigenvalue weighted by molar-refractivity contribution is 7.99. The lowest BCUT2D eigenvalue weighted by Crippen LogP contribution is -2.43. The van der Waals surface area contributed by atoms with Crippen molar-refractivity contribution >= 4 is 28.2 Å². The number of hydrogen-bond donors (Lipinski definition) is 1. The summed E-state index contributed by atoms with van der Waals surface area (Å²) in [7, 11) is -1.27. The number of anilines is 1. The monoisotopic (exact) mass is 315 g/mol. The zero-order valence-electron chi connectivity index (χ0n) is 11.1. The van der Waals surface area contributed by atoms with Crippen LogP contribution in [-0.4, -0.2) is 33.2 Å². The van der Waals surface area contributed by atoms with Crippen molar-refractivity contribution in [3.05, 3.63) is 24.0 Å². The lowest BCUT2D eigenvalue weighted by molar-refractivity contribution is -0.0567. The molecule has 3 nitrogen and oxygen atoms in total. The molecular weight excluding hydrogens is 297 g/mol. The van der Waals surface area contributed by atoms with Gasteiger partial charge in [0.1, 0.15) is 5.82 Å². The predicted octanol–water partition coefficient (Wildman–Crippen LogP) is 2.57. The fraction of sp³-hybridized carbons (Fsp3) is 0.571. The van der Waals surface area contributed by atoms with Gasteiger partial charge in [-0.15, -0.1) is 0 Å². The van der Waals surface area contributed by atoms with Crippen molar-refractivity contribution in [2.75, 3.05) is 23.8 Å². The van der Waals surface area contributed by atoms with Gasteiger partial charge in [0.2, 0.25) is 0 Å². The van der Waals surface area contributed by atoms with Crippen LogP contribution >= 0.6 is 11.8 Å². The Bertz CT molecular complexity index is 532. The van der Waals surface area contributed by atoms with Crippen LogP contribution in [0.3, 0.4) is 0 Å². The topological polar surface area (TPSA) is 52.3 Å². The van der Waals surface area contributed by atoms with Gasteiger partial charge in [0, 0.05) is 23.3 Å². The minimum atomic E-state index is -1.27. The molecule has 0 aromatic heterocycles. The largest absolute Gasteiger partial charge is 0.398 e. The summed E-state index contributed by atoms with van der Waals surface area (Å²) in [6, 6.07) is 4.09. The molecule has 1 aromatic carbocycles. The van der Waals surface area contributed by atoms with Crippen molar-refractivity contribution in [1.29, 1.82) is 0 Å². The van der Waals surface area contributed by atoms with Crippen LogP contribution in [0.25, 0.3) is 0 Å². The first kappa shape index (κ1) is 14.4. The summed E-state index contributed by atoms with van der Waals surface area (Å²) in [5.74, 6) is 1.68. The summed E-state index contributed by atoms with van der Waals surface area (Å²) in [4.78, 5) is 0.428. The van der Waals surface area contributed by atoms with Crippen molar-refractivity contribution in [3.8, 4) is 0 Å². The number of ether oxygens (including phenoxy) is 1. The van der Waals surface area contributed by atoms with Gasteiger partial charge in [0.15, 0.2) is 0 Å². The van der Waals surface area contributed by atoms with E-state index in [-0.39, 0.29) is 16.7 Å². The van der Waals surface area contributed by atoms with Gasteiger partial charge in [-0.05, 0) is 43.2 Å². The Morgan fingerprint density at radius 1 is 1.50 bits per heavy atom. The Hall–Kier alpha value is -0.590. The maximum atomic E-state index is 13.4. The Labute approximate surface area is 124 Å². The number of rotatable bonds is 2. The van der Waals surface area contributed by atoms with Gasteiger partial charge in [-0.3, -0.25) is 4.21 Å². The molecule has 0 bridgehead atoms. The van der Waals surface area contributed by atoms with Crippen LogP contribution in [0.4, 0.5) is 10.1 Å². The number of thioether (sulfide) groups is 1. The number of nitrogen functional groups attached to an aromatic ring is 1. The highest BCUT2D eigenvalue weighted by Crippen LogP contribution is 2.40. The summed E-state index contributed by atoms with van der Waals surface area (Å²) in [6.07, 6.45) is 2.54. The molecule has 2 aliphatic rings. The van der Waals surface area contributed by atoms with E-state index in [1.54, 1.807) is 0 Å². The molecule has 1 aromatic rings. The molecule has 2 aliphatic heterocycles. The minimum absolute atomic E-state index is 0.00606. The first-order valence-electron chi connectivity index (χ1n) is 6.77. The Morgan fingerprint density at radius 3 is 3.10 bits per heavy atom. The fourth-order valence-electron chi connectivity index (χ4n) is 2.89. The van der Waals surface area contributed by atoms with Crippen LogP contribution in [0.15, 0.2) is 23.1 Å². The van der Waals surface area contributed by atoms with Crippen LogP contribution in [0.1, 0.15) is 19.3 Å². The maximum absolute atomic E-state index is 13.4. The van der Waals surface area contributed by atoms with Crippen LogP contribution < -0.4 is 5.73 Å². The molecule has 110 valence electrons. The molecule has 3 rings (SSSR count). The predicted molar refractivity (Wildman–Crippen MR) is 80.9 cm³/mol. The molecule has 2 saturated heterocycles. The molecule has 0 radical (unpaired) electrons. The lowest BCUT2D eigenvalue weighted by atomic mass is 9.93. The summed E-state index contributed by atoms with van der Waals surface area (Å²) >= 11 is 1.89. The van der Waals surface area contributed by atoms with Crippen molar-refractivity contribution < 1.29 is 13.3 Å². The molecule has 2 heterocycles. The van der Waals surface area contributed by atoms with E-state index < -0.39 is 10.8 Å². The van der Waals surface area contributed by atoms with Gasteiger partial charge in [0.05, 0.1) is 21.3 Å². The molecule has 0 amide bonds. The molecule has 2 N–H and O–H groups in total. The van der Waals surface area contributed by atoms with Gasteiger partial charge in [0.25, 0.3) is 0 Å². The average molecular weight is 315 g/mol. The number of nitrogens with two attached hydrogens (primary N) is 1. The zero-order chi connectivity index (χ0) is 14.2. The van der Waals surface area contributed by atoms with E-state index in [2.05, 4.69) is 0 Å². The Kier molecular flexibility index (Phi) is 4.06. The molecule has 1 spiro atoms. The number of hydrogen-bond acceptors (Lipinski definition) is 4. The quantitative estimate of drug-likeness (QED) is 0.852. The van der Waals surface area contributed by atoms with E-state index in [4.69, 9.17) is 10.5 Å². The molecule has 3 atom stereocenters. The molecule has 6 heteroatoms. The van der Waals surface area contributed by atoms with Crippen molar-refractivity contribution in [3.63, 3.8) is 0 Å². The van der Waals surface area contributed by atoms with E-state index in [1.165, 1.54) is 18.2 Å². The molecule has 20 heavy (non-hydrogen) atoms. The highest BCUT2D eigenvalue weighted by Gasteiger charge is 2.42. The third-order valence-electron chi connectivity index (χ3n) is 4.01. The third kappa shape index (κ3) is 2.73. The second-order valence-corrected chi connectivity index (χ2v) is 8.23. The van der Waals surface area contributed by atoms with Gasteiger partial charge in [-0.25, -0.2) is 4.39 Å². The van der Waals surface area contributed by atoms with Crippen molar-refractivity contribution in [2.45, 2.75) is 35.0 Å². The van der Waals surface area contributed by atoms with Crippen LogP contribution in [0.2, 0.25) is 0 Å². The van der Waals surface area contributed by atoms with E-state index in [9.17, 15) is 8.60 Å². The second kappa shape index (κ2) is 5.66. The Balaban J connectivity index is 1.81. The SMILES string of the molecule is Nc1ccc(F)cc1S(=O)C1CCOC2(CCSC2)C1. The molecule has 2 fully saturated rings.